The van der Waals surface area contributed by atoms with Crippen molar-refractivity contribution < 1.29 is 13.2 Å². The van der Waals surface area contributed by atoms with Gasteiger partial charge in [0.15, 0.2) is 9.84 Å². The minimum absolute atomic E-state index is 0.00102. The van der Waals surface area contributed by atoms with Crippen LogP contribution in [0.3, 0.4) is 0 Å². The SMILES string of the molecule is CCS(=O)(=O)c1c(N2CCC(C)C2)sc(C(N)=O)c1N. The summed E-state index contributed by atoms with van der Waals surface area (Å²) in [5, 5.41) is 0.558. The minimum atomic E-state index is -3.49. The first-order valence-corrected chi connectivity index (χ1v) is 8.94. The number of hydrogen-bond donors (Lipinski definition) is 2. The summed E-state index contributed by atoms with van der Waals surface area (Å²) in [5.74, 6) is -0.242. The fourth-order valence-corrected chi connectivity index (χ4v) is 5.07. The van der Waals surface area contributed by atoms with Crippen LogP contribution in [0.5, 0.6) is 0 Å². The molecule has 8 heteroatoms. The molecule has 1 aliphatic rings. The van der Waals surface area contributed by atoms with Crippen molar-refractivity contribution >= 4 is 37.8 Å². The van der Waals surface area contributed by atoms with Crippen molar-refractivity contribution in [2.24, 2.45) is 11.7 Å². The molecule has 0 aromatic carbocycles. The molecule has 1 aromatic rings. The maximum Gasteiger partial charge on any atom is 0.261 e. The number of carbonyl (C=O) groups excluding carboxylic acids is 1. The average Bonchev–Trinajstić information content (AvgIpc) is 2.93. The van der Waals surface area contributed by atoms with Gasteiger partial charge in [-0.25, -0.2) is 8.42 Å². The zero-order valence-corrected chi connectivity index (χ0v) is 13.2. The molecule has 0 aliphatic carbocycles. The molecule has 1 unspecified atom stereocenters. The van der Waals surface area contributed by atoms with Gasteiger partial charge in [-0.15, -0.1) is 11.3 Å². The largest absolute Gasteiger partial charge is 0.396 e. The predicted octanol–water partition coefficient (Wildman–Crippen LogP) is 1.07. The van der Waals surface area contributed by atoms with Gasteiger partial charge in [-0.1, -0.05) is 13.8 Å². The summed E-state index contributed by atoms with van der Waals surface area (Å²) in [5.41, 5.74) is 11.2. The first-order valence-electron chi connectivity index (χ1n) is 6.47. The summed E-state index contributed by atoms with van der Waals surface area (Å²) in [6, 6.07) is 0. The summed E-state index contributed by atoms with van der Waals surface area (Å²) >= 11 is 1.08. The molecule has 112 valence electrons. The Bertz CT molecular complexity index is 637. The lowest BCUT2D eigenvalue weighted by Gasteiger charge is -2.18. The van der Waals surface area contributed by atoms with Crippen molar-refractivity contribution in [3.05, 3.63) is 4.88 Å². The lowest BCUT2D eigenvalue weighted by molar-refractivity contribution is 0.100. The molecular weight excluding hydrogens is 298 g/mol. The van der Waals surface area contributed by atoms with E-state index in [9.17, 15) is 13.2 Å². The summed E-state index contributed by atoms with van der Waals surface area (Å²) in [4.78, 5) is 13.6. The number of thiophene rings is 1. The number of amides is 1. The van der Waals surface area contributed by atoms with E-state index in [4.69, 9.17) is 11.5 Å². The van der Waals surface area contributed by atoms with Gasteiger partial charge in [0.1, 0.15) is 14.8 Å². The zero-order valence-electron chi connectivity index (χ0n) is 11.5. The van der Waals surface area contributed by atoms with Gasteiger partial charge in [0, 0.05) is 13.1 Å². The maximum absolute atomic E-state index is 12.3. The van der Waals surface area contributed by atoms with Crippen LogP contribution in [0.15, 0.2) is 4.90 Å². The molecule has 1 aliphatic heterocycles. The molecule has 0 bridgehead atoms. The third kappa shape index (κ3) is 2.49. The third-order valence-electron chi connectivity index (χ3n) is 3.51. The van der Waals surface area contributed by atoms with Crippen LogP contribution in [0.1, 0.15) is 29.9 Å². The molecule has 1 saturated heterocycles. The van der Waals surface area contributed by atoms with E-state index in [-0.39, 0.29) is 21.2 Å². The second-order valence-corrected chi connectivity index (χ2v) is 8.30. The predicted molar refractivity (Wildman–Crippen MR) is 81.0 cm³/mol. The number of nitrogen functional groups attached to an aromatic ring is 1. The van der Waals surface area contributed by atoms with Crippen LogP contribution < -0.4 is 16.4 Å². The molecule has 2 rings (SSSR count). The van der Waals surface area contributed by atoms with E-state index in [0.29, 0.717) is 10.9 Å². The second kappa shape index (κ2) is 5.25. The minimum Gasteiger partial charge on any atom is -0.396 e. The Morgan fingerprint density at radius 1 is 1.50 bits per heavy atom. The smallest absolute Gasteiger partial charge is 0.261 e. The molecule has 0 radical (unpaired) electrons. The molecule has 1 atom stereocenters. The summed E-state index contributed by atoms with van der Waals surface area (Å²) in [7, 11) is -3.49. The number of rotatable bonds is 4. The molecule has 1 aromatic heterocycles. The Morgan fingerprint density at radius 3 is 2.60 bits per heavy atom. The highest BCUT2D eigenvalue weighted by Crippen LogP contribution is 2.43. The normalized spacial score (nSPS) is 19.5. The number of hydrogen-bond acceptors (Lipinski definition) is 6. The highest BCUT2D eigenvalue weighted by Gasteiger charge is 2.32. The molecule has 6 nitrogen and oxygen atoms in total. The van der Waals surface area contributed by atoms with Crippen LogP contribution in [0, 0.1) is 5.92 Å². The van der Waals surface area contributed by atoms with E-state index in [2.05, 4.69) is 6.92 Å². The van der Waals surface area contributed by atoms with Crippen LogP contribution >= 0.6 is 11.3 Å². The summed E-state index contributed by atoms with van der Waals surface area (Å²) in [6.07, 6.45) is 0.995. The van der Waals surface area contributed by atoms with Gasteiger partial charge in [-0.2, -0.15) is 0 Å². The monoisotopic (exact) mass is 317 g/mol. The lowest BCUT2D eigenvalue weighted by Crippen LogP contribution is -2.20. The fraction of sp³-hybridized carbons (Fsp3) is 0.583. The second-order valence-electron chi connectivity index (χ2n) is 5.09. The third-order valence-corrected chi connectivity index (χ3v) is 6.71. The van der Waals surface area contributed by atoms with Crippen molar-refractivity contribution in [2.45, 2.75) is 25.2 Å². The van der Waals surface area contributed by atoms with E-state index in [1.807, 2.05) is 4.90 Å². The first-order chi connectivity index (χ1) is 9.27. The number of anilines is 2. The number of sulfone groups is 1. The van der Waals surface area contributed by atoms with E-state index >= 15 is 0 Å². The zero-order chi connectivity index (χ0) is 15.1. The topological polar surface area (TPSA) is 106 Å². The van der Waals surface area contributed by atoms with Crippen LogP contribution in [0.25, 0.3) is 0 Å². The molecule has 0 spiro atoms. The molecular formula is C12H19N3O3S2. The van der Waals surface area contributed by atoms with Crippen molar-refractivity contribution in [2.75, 3.05) is 29.5 Å². The molecule has 4 N–H and O–H groups in total. The number of nitrogens with two attached hydrogens (primary N) is 2. The molecule has 1 amide bonds. The van der Waals surface area contributed by atoms with Gasteiger partial charge in [0.05, 0.1) is 11.4 Å². The Hall–Kier alpha value is -1.28. The van der Waals surface area contributed by atoms with Crippen LogP contribution in [0.4, 0.5) is 10.7 Å². The van der Waals surface area contributed by atoms with Crippen LogP contribution in [-0.2, 0) is 9.84 Å². The Labute approximate surface area is 122 Å². The Kier molecular flexibility index (Phi) is 3.97. The van der Waals surface area contributed by atoms with E-state index in [0.717, 1.165) is 30.8 Å². The van der Waals surface area contributed by atoms with Crippen molar-refractivity contribution in [1.29, 1.82) is 0 Å². The van der Waals surface area contributed by atoms with E-state index < -0.39 is 15.7 Å². The Balaban J connectivity index is 2.61. The van der Waals surface area contributed by atoms with E-state index in [1.54, 1.807) is 6.92 Å². The van der Waals surface area contributed by atoms with Gasteiger partial charge in [-0.05, 0) is 12.3 Å². The lowest BCUT2D eigenvalue weighted by atomic mass is 10.2. The highest BCUT2D eigenvalue weighted by atomic mass is 32.2. The standard InChI is InChI=1S/C12H19N3O3S2/c1-3-20(17,18)10-8(13)9(11(14)16)19-12(10)15-5-4-7(2)6-15/h7H,3-6,13H2,1-2H3,(H2,14,16). The van der Waals surface area contributed by atoms with Crippen LogP contribution in [0.2, 0.25) is 0 Å². The van der Waals surface area contributed by atoms with Gasteiger partial charge in [0.2, 0.25) is 0 Å². The fourth-order valence-electron chi connectivity index (χ4n) is 2.37. The number of carbonyl (C=O) groups is 1. The quantitative estimate of drug-likeness (QED) is 0.864. The number of nitrogens with zero attached hydrogens (tertiary/aromatic N) is 1. The summed E-state index contributed by atoms with van der Waals surface area (Å²) < 4.78 is 24.5. The van der Waals surface area contributed by atoms with Crippen LogP contribution in [-0.4, -0.2) is 33.2 Å². The van der Waals surface area contributed by atoms with Crippen molar-refractivity contribution in [3.8, 4) is 0 Å². The molecule has 1 fully saturated rings. The number of primary amides is 1. The average molecular weight is 317 g/mol. The van der Waals surface area contributed by atoms with Crippen molar-refractivity contribution in [3.63, 3.8) is 0 Å². The van der Waals surface area contributed by atoms with Gasteiger partial charge in [-0.3, -0.25) is 4.79 Å². The Morgan fingerprint density at radius 2 is 2.15 bits per heavy atom. The molecule has 20 heavy (non-hydrogen) atoms. The maximum atomic E-state index is 12.3. The van der Waals surface area contributed by atoms with Gasteiger partial charge >= 0.3 is 0 Å². The van der Waals surface area contributed by atoms with Gasteiger partial charge < -0.3 is 16.4 Å². The molecule has 0 saturated carbocycles. The highest BCUT2D eigenvalue weighted by molar-refractivity contribution is 7.92. The molecule has 2 heterocycles. The van der Waals surface area contributed by atoms with E-state index in [1.165, 1.54) is 0 Å². The van der Waals surface area contributed by atoms with Crippen molar-refractivity contribution in [1.82, 2.24) is 0 Å². The first kappa shape index (κ1) is 15.1. The van der Waals surface area contributed by atoms with Gasteiger partial charge in [0.25, 0.3) is 5.91 Å². The summed E-state index contributed by atoms with van der Waals surface area (Å²) in [6.45, 7) is 5.21.